The van der Waals surface area contributed by atoms with Crippen LogP contribution in [0.3, 0.4) is 0 Å². The van der Waals surface area contributed by atoms with E-state index < -0.39 is 9.84 Å². The van der Waals surface area contributed by atoms with Crippen molar-refractivity contribution in [2.75, 3.05) is 12.8 Å². The minimum absolute atomic E-state index is 0.129. The topological polar surface area (TPSA) is 85.1 Å². The maximum atomic E-state index is 11.2. The van der Waals surface area contributed by atoms with E-state index in [1.54, 1.807) is 11.3 Å². The summed E-state index contributed by atoms with van der Waals surface area (Å²) >= 11 is 1.71. The summed E-state index contributed by atoms with van der Waals surface area (Å²) in [7, 11) is -3.15. The zero-order valence-corrected chi connectivity index (χ0v) is 11.9. The van der Waals surface area contributed by atoms with Gasteiger partial charge in [0.05, 0.1) is 0 Å². The Morgan fingerprint density at radius 1 is 1.58 bits per heavy atom. The third-order valence-electron chi connectivity index (χ3n) is 2.91. The quantitative estimate of drug-likeness (QED) is 0.907. The Morgan fingerprint density at radius 2 is 2.42 bits per heavy atom. The molecule has 0 aliphatic carbocycles. The predicted octanol–water partition coefficient (Wildman–Crippen LogP) is 0.911. The van der Waals surface area contributed by atoms with Gasteiger partial charge in [0.25, 0.3) is 0 Å². The van der Waals surface area contributed by atoms with Crippen LogP contribution in [0.5, 0.6) is 0 Å². The standard InChI is InChI=1S/C11H13N3O3S2/c1-19(15,16)6-9-13-11(17-14-9)10-7-3-5-18-8(7)2-4-12-10/h3,5,10,12H,2,4,6H2,1H3. The summed E-state index contributed by atoms with van der Waals surface area (Å²) in [5.41, 5.74) is 1.14. The zero-order valence-electron chi connectivity index (χ0n) is 10.3. The average Bonchev–Trinajstić information content (AvgIpc) is 2.94. The van der Waals surface area contributed by atoms with E-state index in [-0.39, 0.29) is 17.6 Å². The molecule has 3 heterocycles. The Bertz CT molecular complexity index is 690. The van der Waals surface area contributed by atoms with Gasteiger partial charge in [-0.3, -0.25) is 0 Å². The van der Waals surface area contributed by atoms with E-state index in [2.05, 4.69) is 15.5 Å². The number of hydrogen-bond acceptors (Lipinski definition) is 7. The molecule has 0 bridgehead atoms. The van der Waals surface area contributed by atoms with E-state index >= 15 is 0 Å². The molecule has 0 radical (unpaired) electrons. The van der Waals surface area contributed by atoms with Crippen LogP contribution in [-0.2, 0) is 22.0 Å². The van der Waals surface area contributed by atoms with Crippen LogP contribution in [0, 0.1) is 0 Å². The van der Waals surface area contributed by atoms with Gasteiger partial charge in [-0.25, -0.2) is 8.42 Å². The molecule has 0 aromatic carbocycles. The van der Waals surface area contributed by atoms with E-state index in [1.807, 2.05) is 11.4 Å². The first-order valence-corrected chi connectivity index (χ1v) is 8.77. The van der Waals surface area contributed by atoms with E-state index in [0.717, 1.165) is 24.8 Å². The highest BCUT2D eigenvalue weighted by atomic mass is 32.2. The molecule has 2 aromatic heterocycles. The van der Waals surface area contributed by atoms with Gasteiger partial charge in [-0.15, -0.1) is 11.3 Å². The van der Waals surface area contributed by atoms with Crippen LogP contribution in [0.4, 0.5) is 0 Å². The van der Waals surface area contributed by atoms with Gasteiger partial charge in [0.2, 0.25) is 5.89 Å². The number of aromatic nitrogens is 2. The van der Waals surface area contributed by atoms with Gasteiger partial charge in [-0.1, -0.05) is 5.16 Å². The molecule has 1 unspecified atom stereocenters. The largest absolute Gasteiger partial charge is 0.337 e. The van der Waals surface area contributed by atoms with Crippen LogP contribution >= 0.6 is 11.3 Å². The lowest BCUT2D eigenvalue weighted by molar-refractivity contribution is 0.341. The molecule has 1 aliphatic heterocycles. The molecule has 2 aromatic rings. The summed E-state index contributed by atoms with van der Waals surface area (Å²) in [6.45, 7) is 0.849. The van der Waals surface area contributed by atoms with Crippen molar-refractivity contribution in [3.05, 3.63) is 33.6 Å². The summed E-state index contributed by atoms with van der Waals surface area (Å²) in [5, 5.41) is 9.09. The number of thiophene rings is 1. The summed E-state index contributed by atoms with van der Waals surface area (Å²) < 4.78 is 27.6. The van der Waals surface area contributed by atoms with Crippen LogP contribution in [0.25, 0.3) is 0 Å². The Balaban J connectivity index is 1.89. The third kappa shape index (κ3) is 2.70. The van der Waals surface area contributed by atoms with Crippen molar-refractivity contribution in [2.24, 2.45) is 0 Å². The Morgan fingerprint density at radius 3 is 3.21 bits per heavy atom. The fourth-order valence-electron chi connectivity index (χ4n) is 2.15. The highest BCUT2D eigenvalue weighted by Crippen LogP contribution is 2.31. The first-order chi connectivity index (χ1) is 9.03. The van der Waals surface area contributed by atoms with Crippen molar-refractivity contribution in [1.82, 2.24) is 15.5 Å². The second kappa shape index (κ2) is 4.69. The number of nitrogens with zero attached hydrogens (tertiary/aromatic N) is 2. The van der Waals surface area contributed by atoms with Crippen molar-refractivity contribution in [1.29, 1.82) is 0 Å². The Hall–Kier alpha value is -1.25. The minimum Gasteiger partial charge on any atom is -0.337 e. The van der Waals surface area contributed by atoms with Crippen molar-refractivity contribution in [3.8, 4) is 0 Å². The van der Waals surface area contributed by atoms with E-state index in [4.69, 9.17) is 4.52 Å². The lowest BCUT2D eigenvalue weighted by atomic mass is 10.0. The van der Waals surface area contributed by atoms with Crippen molar-refractivity contribution in [3.63, 3.8) is 0 Å². The fraction of sp³-hybridized carbons (Fsp3) is 0.455. The summed E-state index contributed by atoms with van der Waals surface area (Å²) in [6.07, 6.45) is 2.15. The van der Waals surface area contributed by atoms with Crippen LogP contribution < -0.4 is 5.32 Å². The Kier molecular flexibility index (Phi) is 3.15. The van der Waals surface area contributed by atoms with Crippen LogP contribution in [0.1, 0.15) is 28.2 Å². The first-order valence-electron chi connectivity index (χ1n) is 5.83. The molecule has 8 heteroatoms. The zero-order chi connectivity index (χ0) is 13.5. The van der Waals surface area contributed by atoms with Gasteiger partial charge in [0.15, 0.2) is 15.7 Å². The molecule has 0 amide bonds. The Labute approximate surface area is 114 Å². The molecule has 102 valence electrons. The van der Waals surface area contributed by atoms with E-state index in [9.17, 15) is 8.42 Å². The van der Waals surface area contributed by atoms with Gasteiger partial charge in [0, 0.05) is 17.7 Å². The molecule has 1 N–H and O–H groups in total. The average molecular weight is 299 g/mol. The number of nitrogens with one attached hydrogen (secondary N) is 1. The lowest BCUT2D eigenvalue weighted by Crippen LogP contribution is -2.29. The fourth-order valence-corrected chi connectivity index (χ4v) is 3.66. The molecular weight excluding hydrogens is 286 g/mol. The lowest BCUT2D eigenvalue weighted by Gasteiger charge is -2.20. The third-order valence-corrected chi connectivity index (χ3v) is 4.69. The van der Waals surface area contributed by atoms with Crippen molar-refractivity contribution in [2.45, 2.75) is 18.2 Å². The molecule has 1 atom stereocenters. The van der Waals surface area contributed by atoms with Gasteiger partial charge in [-0.2, -0.15) is 4.98 Å². The number of rotatable bonds is 3. The highest BCUT2D eigenvalue weighted by Gasteiger charge is 2.27. The molecule has 19 heavy (non-hydrogen) atoms. The van der Waals surface area contributed by atoms with E-state index in [0.29, 0.717) is 5.89 Å². The predicted molar refractivity (Wildman–Crippen MR) is 70.7 cm³/mol. The second-order valence-corrected chi connectivity index (χ2v) is 7.70. The van der Waals surface area contributed by atoms with Gasteiger partial charge < -0.3 is 9.84 Å². The summed E-state index contributed by atoms with van der Waals surface area (Å²) in [6, 6.07) is 1.91. The number of hydrogen-bond donors (Lipinski definition) is 1. The summed E-state index contributed by atoms with van der Waals surface area (Å²) in [4.78, 5) is 5.49. The molecular formula is C11H13N3O3S2. The second-order valence-electron chi connectivity index (χ2n) is 4.56. The van der Waals surface area contributed by atoms with Gasteiger partial charge in [-0.05, 0) is 23.4 Å². The van der Waals surface area contributed by atoms with Crippen LogP contribution in [0.15, 0.2) is 16.0 Å². The highest BCUT2D eigenvalue weighted by molar-refractivity contribution is 7.89. The van der Waals surface area contributed by atoms with Crippen molar-refractivity contribution < 1.29 is 12.9 Å². The maximum absolute atomic E-state index is 11.2. The molecule has 0 saturated heterocycles. The minimum atomic E-state index is -3.15. The van der Waals surface area contributed by atoms with Gasteiger partial charge >= 0.3 is 0 Å². The SMILES string of the molecule is CS(=O)(=O)Cc1noc(C2NCCc3sccc32)n1. The van der Waals surface area contributed by atoms with Gasteiger partial charge in [0.1, 0.15) is 11.8 Å². The molecule has 6 nitrogen and oxygen atoms in total. The monoisotopic (exact) mass is 299 g/mol. The molecule has 1 aliphatic rings. The molecule has 3 rings (SSSR count). The molecule has 0 fully saturated rings. The number of sulfone groups is 1. The van der Waals surface area contributed by atoms with Crippen LogP contribution in [-0.4, -0.2) is 31.4 Å². The number of fused-ring (bicyclic) bond motifs is 1. The first kappa shape index (κ1) is 12.8. The molecule has 0 saturated carbocycles. The molecule has 0 spiro atoms. The van der Waals surface area contributed by atoms with E-state index in [1.165, 1.54) is 4.88 Å². The summed E-state index contributed by atoms with van der Waals surface area (Å²) in [5.74, 6) is 0.444. The van der Waals surface area contributed by atoms with Crippen LogP contribution in [0.2, 0.25) is 0 Å². The van der Waals surface area contributed by atoms with Crippen molar-refractivity contribution >= 4 is 21.2 Å². The smallest absolute Gasteiger partial charge is 0.248 e. The normalized spacial score (nSPS) is 19.3. The maximum Gasteiger partial charge on any atom is 0.248 e.